The molecule has 1 rings (SSSR count). The molecule has 0 radical (unpaired) electrons. The molecule has 0 spiro atoms. The molecule has 1 aliphatic rings. The van der Waals surface area contributed by atoms with Crippen LogP contribution in [-0.4, -0.2) is 16.5 Å². The van der Waals surface area contributed by atoms with Crippen molar-refractivity contribution in [2.24, 2.45) is 5.92 Å². The van der Waals surface area contributed by atoms with Crippen molar-refractivity contribution in [1.29, 1.82) is 0 Å². The number of hydrogen-bond acceptors (Lipinski definition) is 2. The Morgan fingerprint density at radius 3 is 2.92 bits per heavy atom. The Morgan fingerprint density at radius 1 is 1.83 bits per heavy atom. The molecule has 2 heteroatoms. The number of hydrogen-bond donors (Lipinski definition) is 1. The summed E-state index contributed by atoms with van der Waals surface area (Å²) >= 11 is 0. The van der Waals surface area contributed by atoms with Gasteiger partial charge in [-0.3, -0.25) is 4.79 Å². The lowest BCUT2D eigenvalue weighted by Crippen LogP contribution is -2.32. The first-order valence-corrected chi connectivity index (χ1v) is 4.14. The van der Waals surface area contributed by atoms with Gasteiger partial charge in [-0.1, -0.05) is 6.08 Å². The Hall–Kier alpha value is -0.890. The quantitative estimate of drug-likeness (QED) is 0.644. The maximum Gasteiger partial charge on any atom is 0.161 e. The summed E-state index contributed by atoms with van der Waals surface area (Å²) in [6.45, 7) is 5.25. The number of allylic oxidation sites excluding steroid dienone is 2. The van der Waals surface area contributed by atoms with Gasteiger partial charge in [-0.25, -0.2) is 0 Å². The molecule has 0 heterocycles. The normalized spacial score (nSPS) is 34.2. The first kappa shape index (κ1) is 9.20. The highest BCUT2D eigenvalue weighted by Crippen LogP contribution is 2.30. The summed E-state index contributed by atoms with van der Waals surface area (Å²) in [7, 11) is 0. The number of carbonyl (C=O) groups is 1. The van der Waals surface area contributed by atoms with Gasteiger partial charge in [-0.2, -0.15) is 0 Å². The van der Waals surface area contributed by atoms with Crippen molar-refractivity contribution in [2.75, 3.05) is 0 Å². The SMILES string of the molecule is C=CCCC1C(=O)C=CC1(C)O. The largest absolute Gasteiger partial charge is 0.385 e. The van der Waals surface area contributed by atoms with E-state index in [9.17, 15) is 9.90 Å². The highest BCUT2D eigenvalue weighted by Gasteiger charge is 2.37. The smallest absolute Gasteiger partial charge is 0.161 e. The van der Waals surface area contributed by atoms with E-state index in [1.807, 2.05) is 0 Å². The Labute approximate surface area is 72.6 Å². The molecule has 0 saturated heterocycles. The minimum absolute atomic E-state index is 0.0295. The summed E-state index contributed by atoms with van der Waals surface area (Å²) in [5, 5.41) is 9.71. The van der Waals surface area contributed by atoms with E-state index in [0.29, 0.717) is 6.42 Å². The fourth-order valence-electron chi connectivity index (χ4n) is 1.49. The van der Waals surface area contributed by atoms with Gasteiger partial charge in [0.05, 0.1) is 11.5 Å². The third-order valence-electron chi connectivity index (χ3n) is 2.29. The highest BCUT2D eigenvalue weighted by atomic mass is 16.3. The predicted octanol–water partition coefficient (Wildman–Crippen LogP) is 1.46. The molecule has 2 unspecified atom stereocenters. The summed E-state index contributed by atoms with van der Waals surface area (Å²) in [6.07, 6.45) is 6.26. The third kappa shape index (κ3) is 1.64. The van der Waals surface area contributed by atoms with Crippen molar-refractivity contribution in [3.05, 3.63) is 24.8 Å². The van der Waals surface area contributed by atoms with Gasteiger partial charge in [-0.05, 0) is 31.9 Å². The Bertz CT molecular complexity index is 226. The zero-order valence-corrected chi connectivity index (χ0v) is 7.29. The van der Waals surface area contributed by atoms with Gasteiger partial charge >= 0.3 is 0 Å². The first-order valence-electron chi connectivity index (χ1n) is 4.14. The lowest BCUT2D eigenvalue weighted by Gasteiger charge is -2.22. The molecular weight excluding hydrogens is 152 g/mol. The minimum atomic E-state index is -0.944. The van der Waals surface area contributed by atoms with Crippen LogP contribution in [0, 0.1) is 5.92 Å². The average molecular weight is 166 g/mol. The Kier molecular flexibility index (Phi) is 2.48. The van der Waals surface area contributed by atoms with Crippen LogP contribution in [-0.2, 0) is 4.79 Å². The van der Waals surface area contributed by atoms with E-state index in [4.69, 9.17) is 0 Å². The molecular formula is C10H14O2. The molecule has 2 nitrogen and oxygen atoms in total. The van der Waals surface area contributed by atoms with Crippen LogP contribution in [0.5, 0.6) is 0 Å². The van der Waals surface area contributed by atoms with Gasteiger partial charge in [0.25, 0.3) is 0 Å². The van der Waals surface area contributed by atoms with E-state index in [0.717, 1.165) is 6.42 Å². The van der Waals surface area contributed by atoms with Crippen molar-refractivity contribution in [3.63, 3.8) is 0 Å². The summed E-state index contributed by atoms with van der Waals surface area (Å²) in [4.78, 5) is 11.2. The van der Waals surface area contributed by atoms with Crippen molar-refractivity contribution in [3.8, 4) is 0 Å². The van der Waals surface area contributed by atoms with Crippen LogP contribution in [0.3, 0.4) is 0 Å². The van der Waals surface area contributed by atoms with E-state index in [1.165, 1.54) is 6.08 Å². The number of aliphatic hydroxyl groups is 1. The molecule has 0 aliphatic heterocycles. The summed E-state index contributed by atoms with van der Waals surface area (Å²) in [5.74, 6) is -0.239. The molecule has 2 atom stereocenters. The molecule has 0 aromatic heterocycles. The fourth-order valence-corrected chi connectivity index (χ4v) is 1.49. The van der Waals surface area contributed by atoms with Gasteiger partial charge in [0.15, 0.2) is 5.78 Å². The van der Waals surface area contributed by atoms with Crippen LogP contribution in [0.2, 0.25) is 0 Å². The second-order valence-electron chi connectivity index (χ2n) is 3.38. The lowest BCUT2D eigenvalue weighted by molar-refractivity contribution is -0.122. The number of rotatable bonds is 3. The second kappa shape index (κ2) is 3.23. The molecule has 66 valence electrons. The fraction of sp³-hybridized carbons (Fsp3) is 0.500. The summed E-state index contributed by atoms with van der Waals surface area (Å²) in [5.41, 5.74) is -0.944. The Balaban J connectivity index is 2.63. The average Bonchev–Trinajstić information content (AvgIpc) is 2.24. The molecule has 1 aliphatic carbocycles. The van der Waals surface area contributed by atoms with Gasteiger partial charge in [0.1, 0.15) is 0 Å². The van der Waals surface area contributed by atoms with E-state index in [1.54, 1.807) is 19.1 Å². The van der Waals surface area contributed by atoms with Crippen molar-refractivity contribution in [2.45, 2.75) is 25.4 Å². The van der Waals surface area contributed by atoms with E-state index in [-0.39, 0.29) is 11.7 Å². The Morgan fingerprint density at radius 2 is 2.50 bits per heavy atom. The molecule has 12 heavy (non-hydrogen) atoms. The standard InChI is InChI=1S/C10H14O2/c1-3-4-5-8-9(11)6-7-10(8,2)12/h3,6-8,12H,1,4-5H2,2H3. The third-order valence-corrected chi connectivity index (χ3v) is 2.29. The molecule has 0 aromatic rings. The van der Waals surface area contributed by atoms with Gasteiger partial charge < -0.3 is 5.11 Å². The van der Waals surface area contributed by atoms with E-state index >= 15 is 0 Å². The molecule has 1 N–H and O–H groups in total. The molecule has 0 amide bonds. The van der Waals surface area contributed by atoms with Gasteiger partial charge in [0.2, 0.25) is 0 Å². The number of carbonyl (C=O) groups excluding carboxylic acids is 1. The molecule has 0 aromatic carbocycles. The van der Waals surface area contributed by atoms with Gasteiger partial charge in [0, 0.05) is 0 Å². The lowest BCUT2D eigenvalue weighted by atomic mass is 9.88. The maximum absolute atomic E-state index is 11.2. The van der Waals surface area contributed by atoms with Crippen LogP contribution >= 0.6 is 0 Å². The van der Waals surface area contributed by atoms with Crippen molar-refractivity contribution in [1.82, 2.24) is 0 Å². The van der Waals surface area contributed by atoms with Crippen LogP contribution in [0.25, 0.3) is 0 Å². The van der Waals surface area contributed by atoms with Crippen LogP contribution < -0.4 is 0 Å². The minimum Gasteiger partial charge on any atom is -0.385 e. The monoisotopic (exact) mass is 166 g/mol. The zero-order valence-electron chi connectivity index (χ0n) is 7.29. The molecule has 0 fully saturated rings. The van der Waals surface area contributed by atoms with Gasteiger partial charge in [-0.15, -0.1) is 6.58 Å². The van der Waals surface area contributed by atoms with Crippen LogP contribution in [0.4, 0.5) is 0 Å². The van der Waals surface area contributed by atoms with E-state index in [2.05, 4.69) is 6.58 Å². The van der Waals surface area contributed by atoms with Crippen LogP contribution in [0.15, 0.2) is 24.8 Å². The van der Waals surface area contributed by atoms with Crippen molar-refractivity contribution < 1.29 is 9.90 Å². The maximum atomic E-state index is 11.2. The second-order valence-corrected chi connectivity index (χ2v) is 3.38. The predicted molar refractivity (Wildman–Crippen MR) is 47.7 cm³/mol. The van der Waals surface area contributed by atoms with E-state index < -0.39 is 5.60 Å². The first-order chi connectivity index (χ1) is 5.58. The summed E-state index contributed by atoms with van der Waals surface area (Å²) < 4.78 is 0. The molecule has 0 saturated carbocycles. The zero-order chi connectivity index (χ0) is 9.19. The number of ketones is 1. The van der Waals surface area contributed by atoms with Crippen LogP contribution in [0.1, 0.15) is 19.8 Å². The van der Waals surface area contributed by atoms with Crippen molar-refractivity contribution >= 4 is 5.78 Å². The highest BCUT2D eigenvalue weighted by molar-refractivity contribution is 5.95. The molecule has 0 bridgehead atoms. The topological polar surface area (TPSA) is 37.3 Å². The summed E-state index contributed by atoms with van der Waals surface area (Å²) in [6, 6.07) is 0.